The highest BCUT2D eigenvalue weighted by atomic mass is 16.5. The highest BCUT2D eigenvalue weighted by Crippen LogP contribution is 2.29. The van der Waals surface area contributed by atoms with Gasteiger partial charge in [0.2, 0.25) is 0 Å². The van der Waals surface area contributed by atoms with Gasteiger partial charge in [-0.3, -0.25) is 4.79 Å². The SMILES string of the molecule is COCC1(CNC(=O)c2cc(C)ccc2N2CCCC2)CCNCC1. The number of piperidine rings is 1. The summed E-state index contributed by atoms with van der Waals surface area (Å²) in [5, 5.41) is 6.61. The third-order valence-corrected chi connectivity index (χ3v) is 5.58. The van der Waals surface area contributed by atoms with E-state index >= 15 is 0 Å². The van der Waals surface area contributed by atoms with E-state index in [2.05, 4.69) is 27.7 Å². The molecule has 3 rings (SSSR count). The van der Waals surface area contributed by atoms with E-state index in [9.17, 15) is 4.79 Å². The van der Waals surface area contributed by atoms with Crippen LogP contribution in [0, 0.1) is 12.3 Å². The number of rotatable bonds is 6. The lowest BCUT2D eigenvalue weighted by Crippen LogP contribution is -2.47. The van der Waals surface area contributed by atoms with Crippen LogP contribution in [0.1, 0.15) is 41.6 Å². The summed E-state index contributed by atoms with van der Waals surface area (Å²) in [7, 11) is 1.75. The molecule has 2 aliphatic heterocycles. The van der Waals surface area contributed by atoms with Gasteiger partial charge >= 0.3 is 0 Å². The lowest BCUT2D eigenvalue weighted by Gasteiger charge is -2.37. The zero-order chi connectivity index (χ0) is 17.7. The molecule has 138 valence electrons. The first-order valence-corrected chi connectivity index (χ1v) is 9.47. The van der Waals surface area contributed by atoms with Crippen molar-refractivity contribution in [2.75, 3.05) is 51.3 Å². The van der Waals surface area contributed by atoms with Crippen molar-refractivity contribution in [1.82, 2.24) is 10.6 Å². The number of hydrogen-bond acceptors (Lipinski definition) is 4. The number of hydrogen-bond donors (Lipinski definition) is 2. The van der Waals surface area contributed by atoms with Gasteiger partial charge in [0.25, 0.3) is 5.91 Å². The van der Waals surface area contributed by atoms with E-state index in [1.165, 1.54) is 12.8 Å². The maximum atomic E-state index is 13.0. The van der Waals surface area contributed by atoms with Gasteiger partial charge in [-0.15, -0.1) is 0 Å². The molecular formula is C20H31N3O2. The highest BCUT2D eigenvalue weighted by Gasteiger charge is 2.33. The molecule has 0 aliphatic carbocycles. The van der Waals surface area contributed by atoms with Gasteiger partial charge in [-0.25, -0.2) is 0 Å². The van der Waals surface area contributed by atoms with E-state index in [0.29, 0.717) is 13.2 Å². The number of nitrogens with one attached hydrogen (secondary N) is 2. The number of anilines is 1. The average molecular weight is 345 g/mol. The standard InChI is InChI=1S/C20H31N3O2/c1-16-5-6-18(23-11-3-4-12-23)17(13-16)19(24)22-14-20(15-25-2)7-9-21-10-8-20/h5-6,13,21H,3-4,7-12,14-15H2,1-2H3,(H,22,24). The van der Waals surface area contributed by atoms with Gasteiger partial charge in [0.05, 0.1) is 12.2 Å². The number of carbonyl (C=O) groups is 1. The van der Waals surface area contributed by atoms with Crippen LogP contribution in [0.3, 0.4) is 0 Å². The summed E-state index contributed by atoms with van der Waals surface area (Å²) in [6.45, 7) is 7.48. The second-order valence-electron chi connectivity index (χ2n) is 7.58. The van der Waals surface area contributed by atoms with Crippen molar-refractivity contribution in [2.45, 2.75) is 32.6 Å². The van der Waals surface area contributed by atoms with Crippen LogP contribution >= 0.6 is 0 Å². The van der Waals surface area contributed by atoms with E-state index in [4.69, 9.17) is 4.74 Å². The molecule has 1 amide bonds. The Labute approximate surface area is 151 Å². The summed E-state index contributed by atoms with van der Waals surface area (Å²) in [6, 6.07) is 6.23. The first-order chi connectivity index (χ1) is 12.1. The summed E-state index contributed by atoms with van der Waals surface area (Å²) >= 11 is 0. The second-order valence-corrected chi connectivity index (χ2v) is 7.58. The zero-order valence-corrected chi connectivity index (χ0v) is 15.6. The smallest absolute Gasteiger partial charge is 0.253 e. The molecule has 0 atom stereocenters. The van der Waals surface area contributed by atoms with Gasteiger partial charge in [-0.2, -0.15) is 0 Å². The zero-order valence-electron chi connectivity index (χ0n) is 15.6. The maximum absolute atomic E-state index is 13.0. The van der Waals surface area contributed by atoms with Crippen molar-refractivity contribution in [3.8, 4) is 0 Å². The van der Waals surface area contributed by atoms with Crippen molar-refractivity contribution in [1.29, 1.82) is 0 Å². The van der Waals surface area contributed by atoms with E-state index < -0.39 is 0 Å². The van der Waals surface area contributed by atoms with Gasteiger partial charge in [0.15, 0.2) is 0 Å². The lowest BCUT2D eigenvalue weighted by molar-refractivity contribution is 0.0512. The predicted molar refractivity (Wildman–Crippen MR) is 101 cm³/mol. The minimum atomic E-state index is 0.0413. The molecule has 0 unspecified atom stereocenters. The molecule has 2 N–H and O–H groups in total. The topological polar surface area (TPSA) is 53.6 Å². The Morgan fingerprint density at radius 3 is 2.68 bits per heavy atom. The van der Waals surface area contributed by atoms with Crippen molar-refractivity contribution < 1.29 is 9.53 Å². The minimum absolute atomic E-state index is 0.0413. The summed E-state index contributed by atoms with van der Waals surface area (Å²) in [6.07, 6.45) is 4.49. The Hall–Kier alpha value is -1.59. The van der Waals surface area contributed by atoms with Gasteiger partial charge in [-0.1, -0.05) is 11.6 Å². The summed E-state index contributed by atoms with van der Waals surface area (Å²) in [4.78, 5) is 15.3. The van der Waals surface area contributed by atoms with Crippen LogP contribution in [-0.4, -0.2) is 52.3 Å². The largest absolute Gasteiger partial charge is 0.384 e. The fraction of sp³-hybridized carbons (Fsp3) is 0.650. The molecule has 1 aromatic rings. The van der Waals surface area contributed by atoms with Crippen molar-refractivity contribution in [3.63, 3.8) is 0 Å². The Bertz CT molecular complexity index is 585. The van der Waals surface area contributed by atoms with Crippen molar-refractivity contribution in [3.05, 3.63) is 29.3 Å². The third kappa shape index (κ3) is 4.33. The van der Waals surface area contributed by atoms with Gasteiger partial charge < -0.3 is 20.3 Å². The fourth-order valence-corrected chi connectivity index (χ4v) is 4.06. The van der Waals surface area contributed by atoms with E-state index in [0.717, 1.165) is 55.8 Å². The number of benzene rings is 1. The maximum Gasteiger partial charge on any atom is 0.253 e. The molecule has 5 nitrogen and oxygen atoms in total. The van der Waals surface area contributed by atoms with Gasteiger partial charge in [0, 0.05) is 37.8 Å². The van der Waals surface area contributed by atoms with Crippen LogP contribution in [0.2, 0.25) is 0 Å². The van der Waals surface area contributed by atoms with E-state index in [-0.39, 0.29) is 11.3 Å². The Morgan fingerprint density at radius 1 is 1.28 bits per heavy atom. The molecule has 1 aromatic carbocycles. The molecule has 0 radical (unpaired) electrons. The van der Waals surface area contributed by atoms with Crippen LogP contribution in [-0.2, 0) is 4.74 Å². The van der Waals surface area contributed by atoms with Crippen molar-refractivity contribution >= 4 is 11.6 Å². The molecule has 2 aliphatic rings. The number of methoxy groups -OCH3 is 1. The first kappa shape index (κ1) is 18.2. The van der Waals surface area contributed by atoms with Crippen LogP contribution < -0.4 is 15.5 Å². The summed E-state index contributed by atoms with van der Waals surface area (Å²) in [5.74, 6) is 0.0413. The summed E-state index contributed by atoms with van der Waals surface area (Å²) in [5.41, 5.74) is 3.06. The second kappa shape index (κ2) is 8.19. The molecule has 0 saturated carbocycles. The van der Waals surface area contributed by atoms with Crippen LogP contribution in [0.5, 0.6) is 0 Å². The Balaban J connectivity index is 1.73. The quantitative estimate of drug-likeness (QED) is 0.831. The van der Waals surface area contributed by atoms with Crippen LogP contribution in [0.25, 0.3) is 0 Å². The third-order valence-electron chi connectivity index (χ3n) is 5.58. The molecule has 2 saturated heterocycles. The van der Waals surface area contributed by atoms with Gasteiger partial charge in [-0.05, 0) is 57.8 Å². The molecule has 0 aromatic heterocycles. The van der Waals surface area contributed by atoms with Crippen LogP contribution in [0.15, 0.2) is 18.2 Å². The number of carbonyl (C=O) groups excluding carboxylic acids is 1. The average Bonchev–Trinajstić information content (AvgIpc) is 3.15. The Kier molecular flexibility index (Phi) is 5.97. The Morgan fingerprint density at radius 2 is 2.00 bits per heavy atom. The highest BCUT2D eigenvalue weighted by molar-refractivity contribution is 6.00. The molecule has 2 heterocycles. The predicted octanol–water partition coefficient (Wildman–Crippen LogP) is 2.34. The molecule has 0 spiro atoms. The molecule has 2 fully saturated rings. The molecule has 25 heavy (non-hydrogen) atoms. The number of aryl methyl sites for hydroxylation is 1. The van der Waals surface area contributed by atoms with E-state index in [1.807, 2.05) is 13.0 Å². The normalized spacial score (nSPS) is 19.8. The number of nitrogens with zero attached hydrogens (tertiary/aromatic N) is 1. The summed E-state index contributed by atoms with van der Waals surface area (Å²) < 4.78 is 5.46. The minimum Gasteiger partial charge on any atom is -0.384 e. The van der Waals surface area contributed by atoms with Crippen molar-refractivity contribution in [2.24, 2.45) is 5.41 Å². The van der Waals surface area contributed by atoms with E-state index in [1.54, 1.807) is 7.11 Å². The molecular weight excluding hydrogens is 314 g/mol. The first-order valence-electron chi connectivity index (χ1n) is 9.47. The lowest BCUT2D eigenvalue weighted by atomic mass is 9.79. The molecule has 5 heteroatoms. The number of ether oxygens (including phenoxy) is 1. The number of amides is 1. The van der Waals surface area contributed by atoms with Crippen LogP contribution in [0.4, 0.5) is 5.69 Å². The van der Waals surface area contributed by atoms with Gasteiger partial charge in [0.1, 0.15) is 0 Å². The fourth-order valence-electron chi connectivity index (χ4n) is 4.06. The molecule has 0 bridgehead atoms. The monoisotopic (exact) mass is 345 g/mol.